The van der Waals surface area contributed by atoms with Crippen LogP contribution in [0.1, 0.15) is 49.0 Å². The molecule has 1 fully saturated rings. The summed E-state index contributed by atoms with van der Waals surface area (Å²) in [5, 5.41) is 3.45. The first-order chi connectivity index (χ1) is 13.7. The quantitative estimate of drug-likeness (QED) is 0.311. The molecule has 0 amide bonds. The van der Waals surface area contributed by atoms with E-state index in [9.17, 15) is 17.6 Å². The summed E-state index contributed by atoms with van der Waals surface area (Å²) in [6, 6.07) is 7.98. The molecule has 2 aromatic rings. The highest BCUT2D eigenvalue weighted by molar-refractivity contribution is 5.33. The molecule has 3 nitrogen and oxygen atoms in total. The smallest absolute Gasteiger partial charge is 0.321 e. The van der Waals surface area contributed by atoms with Crippen molar-refractivity contribution < 1.29 is 22.0 Å². The van der Waals surface area contributed by atoms with Crippen LogP contribution in [-0.2, 0) is 6.18 Å². The summed E-state index contributed by atoms with van der Waals surface area (Å²) in [6.45, 7) is 3.83. The van der Waals surface area contributed by atoms with Crippen LogP contribution in [0.15, 0.2) is 59.8 Å². The first kappa shape index (κ1) is 21.1. The Hall–Kier alpha value is -2.64. The van der Waals surface area contributed by atoms with Gasteiger partial charge in [0.2, 0.25) is 0 Å². The van der Waals surface area contributed by atoms with Crippen molar-refractivity contribution in [2.75, 3.05) is 0 Å². The van der Waals surface area contributed by atoms with Crippen molar-refractivity contribution in [3.63, 3.8) is 0 Å². The van der Waals surface area contributed by atoms with Gasteiger partial charge < -0.3 is 5.84 Å². The molecule has 1 aliphatic rings. The zero-order chi connectivity index (χ0) is 21.2. The summed E-state index contributed by atoms with van der Waals surface area (Å²) in [6.07, 6.45) is -3.18. The summed E-state index contributed by atoms with van der Waals surface area (Å²) in [4.78, 5) is 0. The van der Waals surface area contributed by atoms with Crippen LogP contribution in [-0.4, -0.2) is 4.57 Å². The van der Waals surface area contributed by atoms with Crippen LogP contribution in [0.25, 0.3) is 0 Å². The van der Waals surface area contributed by atoms with E-state index in [1.807, 2.05) is 0 Å². The molecule has 2 N–H and O–H groups in total. The van der Waals surface area contributed by atoms with Gasteiger partial charge in [0.25, 0.3) is 0 Å². The predicted molar refractivity (Wildman–Crippen MR) is 99.6 cm³/mol. The molecule has 1 heterocycles. The van der Waals surface area contributed by atoms with Gasteiger partial charge in [-0.3, -0.25) is 4.57 Å². The Bertz CT molecular complexity index is 940. The van der Waals surface area contributed by atoms with Crippen LogP contribution in [0.3, 0.4) is 0 Å². The molecule has 8 heteroatoms. The lowest BCUT2D eigenvalue weighted by atomic mass is 9.75. The molecule has 0 spiro atoms. The van der Waals surface area contributed by atoms with Crippen molar-refractivity contribution in [1.82, 2.24) is 4.57 Å². The molecule has 0 bridgehead atoms. The van der Waals surface area contributed by atoms with E-state index >= 15 is 4.39 Å². The van der Waals surface area contributed by atoms with E-state index in [1.54, 1.807) is 6.07 Å². The zero-order valence-electron chi connectivity index (χ0n) is 15.7. The van der Waals surface area contributed by atoms with Crippen molar-refractivity contribution in [2.24, 2.45) is 16.9 Å². The number of nitrogens with zero attached hydrogens (tertiary/aromatic N) is 2. The molecular weight excluding hydrogens is 389 g/mol. The number of allylic oxidation sites excluding steroid dienone is 1. The highest BCUT2D eigenvalue weighted by Crippen LogP contribution is 2.44. The number of pyridine rings is 1. The number of rotatable bonds is 4. The Labute approximate surface area is 165 Å². The summed E-state index contributed by atoms with van der Waals surface area (Å²) < 4.78 is 69.4. The lowest BCUT2D eigenvalue weighted by molar-refractivity contribution is -0.138. The van der Waals surface area contributed by atoms with Gasteiger partial charge in [-0.15, -0.1) is 0 Å². The predicted octanol–water partition coefficient (Wildman–Crippen LogP) is 5.42. The lowest BCUT2D eigenvalue weighted by Gasteiger charge is -2.32. The van der Waals surface area contributed by atoms with Gasteiger partial charge in [0.05, 0.1) is 5.56 Å². The van der Waals surface area contributed by atoms with Gasteiger partial charge in [-0.25, -0.2) is 8.78 Å². The van der Waals surface area contributed by atoms with Gasteiger partial charge in [0.1, 0.15) is 5.82 Å². The fourth-order valence-corrected chi connectivity index (χ4v) is 4.03. The zero-order valence-corrected chi connectivity index (χ0v) is 15.7. The third-order valence-corrected chi connectivity index (χ3v) is 5.56. The van der Waals surface area contributed by atoms with Gasteiger partial charge in [0.15, 0.2) is 11.8 Å². The molecule has 3 rings (SSSR count). The van der Waals surface area contributed by atoms with E-state index < -0.39 is 23.9 Å². The molecule has 156 valence electrons. The summed E-state index contributed by atoms with van der Waals surface area (Å²) >= 11 is 0. The van der Waals surface area contributed by atoms with Crippen molar-refractivity contribution in [3.05, 3.63) is 77.2 Å². The van der Waals surface area contributed by atoms with Gasteiger partial charge >= 0.3 is 6.18 Å². The standard InChI is InChI=1S/C21H22F5N3/c1-13(20(23)29-12-16(22)10-11-19(29)28-27)14-6-8-15(9-7-14)17-4-2-3-5-18(17)21(24,25)26/h2-5,10-12,14-15,20H,1,6-9,27H2. The van der Waals surface area contributed by atoms with Crippen molar-refractivity contribution in [3.8, 4) is 0 Å². The third-order valence-electron chi connectivity index (χ3n) is 5.56. The van der Waals surface area contributed by atoms with Crippen molar-refractivity contribution in [2.45, 2.75) is 44.1 Å². The minimum Gasteiger partial charge on any atom is -0.321 e. The molecule has 29 heavy (non-hydrogen) atoms. The van der Waals surface area contributed by atoms with Gasteiger partial charge in [-0.1, -0.05) is 24.8 Å². The van der Waals surface area contributed by atoms with Crippen LogP contribution in [0, 0.1) is 11.7 Å². The average Bonchev–Trinajstić information content (AvgIpc) is 2.72. The van der Waals surface area contributed by atoms with E-state index in [-0.39, 0.29) is 28.5 Å². The summed E-state index contributed by atoms with van der Waals surface area (Å²) in [7, 11) is 0. The average molecular weight is 411 g/mol. The maximum absolute atomic E-state index is 15.0. The highest BCUT2D eigenvalue weighted by Gasteiger charge is 2.36. The van der Waals surface area contributed by atoms with Crippen molar-refractivity contribution >= 4 is 0 Å². The lowest BCUT2D eigenvalue weighted by Crippen LogP contribution is -2.28. The van der Waals surface area contributed by atoms with E-state index in [2.05, 4.69) is 11.7 Å². The molecule has 0 aliphatic heterocycles. The van der Waals surface area contributed by atoms with Crippen LogP contribution >= 0.6 is 0 Å². The number of aromatic nitrogens is 1. The minimum absolute atomic E-state index is 0.0628. The molecule has 1 aromatic carbocycles. The first-order valence-electron chi connectivity index (χ1n) is 9.33. The van der Waals surface area contributed by atoms with Crippen LogP contribution in [0.2, 0.25) is 0 Å². The number of hydrogen-bond donors (Lipinski definition) is 1. The Morgan fingerprint density at radius 2 is 1.76 bits per heavy atom. The van der Waals surface area contributed by atoms with E-state index in [0.29, 0.717) is 25.7 Å². The molecular formula is C21H22F5N3. The normalized spacial score (nSPS) is 21.8. The van der Waals surface area contributed by atoms with Gasteiger partial charge in [-0.05, 0) is 66.9 Å². The molecule has 1 aromatic heterocycles. The molecule has 1 unspecified atom stereocenters. The Morgan fingerprint density at radius 3 is 2.38 bits per heavy atom. The van der Waals surface area contributed by atoms with E-state index in [0.717, 1.165) is 22.9 Å². The van der Waals surface area contributed by atoms with Gasteiger partial charge in [0, 0.05) is 6.20 Å². The van der Waals surface area contributed by atoms with Crippen LogP contribution in [0.4, 0.5) is 22.0 Å². The number of alkyl halides is 4. The Kier molecular flexibility index (Phi) is 6.10. The molecule has 1 aliphatic carbocycles. The highest BCUT2D eigenvalue weighted by atomic mass is 19.4. The second kappa shape index (κ2) is 8.39. The Morgan fingerprint density at radius 1 is 1.10 bits per heavy atom. The number of hydrogen-bond acceptors (Lipinski definition) is 2. The maximum Gasteiger partial charge on any atom is 0.416 e. The third kappa shape index (κ3) is 4.52. The van der Waals surface area contributed by atoms with Crippen LogP contribution in [0.5, 0.6) is 0 Å². The largest absolute Gasteiger partial charge is 0.416 e. The number of benzene rings is 1. The monoisotopic (exact) mass is 411 g/mol. The topological polar surface area (TPSA) is 43.3 Å². The van der Waals surface area contributed by atoms with E-state index in [4.69, 9.17) is 5.84 Å². The second-order valence-electron chi connectivity index (χ2n) is 7.29. The summed E-state index contributed by atoms with van der Waals surface area (Å²) in [5.41, 5.74) is -0.0272. The molecule has 0 saturated heterocycles. The minimum atomic E-state index is -4.41. The first-order valence-corrected chi connectivity index (χ1v) is 9.33. The second-order valence-corrected chi connectivity index (χ2v) is 7.29. The molecule has 1 saturated carbocycles. The number of nitrogens with two attached hydrogens (primary N) is 1. The SMILES string of the molecule is C=C(C1CCC(c2ccccc2C(F)(F)F)CC1)C(F)n1cc(F)ccc1=NN. The molecule has 0 radical (unpaired) electrons. The summed E-state index contributed by atoms with van der Waals surface area (Å²) in [5.74, 6) is 4.14. The fourth-order valence-electron chi connectivity index (χ4n) is 4.03. The maximum atomic E-state index is 15.0. The number of halogens is 5. The fraction of sp³-hybridized carbons (Fsp3) is 0.381. The molecule has 1 atom stereocenters. The van der Waals surface area contributed by atoms with Crippen LogP contribution < -0.4 is 11.3 Å². The van der Waals surface area contributed by atoms with Crippen molar-refractivity contribution in [1.29, 1.82) is 0 Å². The van der Waals surface area contributed by atoms with E-state index in [1.165, 1.54) is 18.2 Å². The Balaban J connectivity index is 1.73. The van der Waals surface area contributed by atoms with Gasteiger partial charge in [-0.2, -0.15) is 18.3 Å².